The fraction of sp³-hybridized carbons (Fsp3) is 0.0833. The topological polar surface area (TPSA) is 89.7 Å². The highest BCUT2D eigenvalue weighted by Crippen LogP contribution is 2.31. The first-order valence-corrected chi connectivity index (χ1v) is 5.36. The summed E-state index contributed by atoms with van der Waals surface area (Å²) in [5.74, 6) is 1.14. The van der Waals surface area contributed by atoms with Crippen LogP contribution in [-0.2, 0) is 0 Å². The number of fused-ring (bicyclic) bond motifs is 1. The van der Waals surface area contributed by atoms with E-state index < -0.39 is 0 Å². The average molecular weight is 241 g/mol. The fourth-order valence-electron chi connectivity index (χ4n) is 1.89. The van der Waals surface area contributed by atoms with E-state index in [-0.39, 0.29) is 0 Å². The summed E-state index contributed by atoms with van der Waals surface area (Å²) in [6.07, 6.45) is 6.67. The largest absolute Gasteiger partial charge is 0.495 e. The molecule has 0 unspecified atom stereocenters. The van der Waals surface area contributed by atoms with Crippen molar-refractivity contribution in [1.29, 1.82) is 0 Å². The molecule has 3 heterocycles. The zero-order valence-corrected chi connectivity index (χ0v) is 9.71. The van der Waals surface area contributed by atoms with Gasteiger partial charge in [0.2, 0.25) is 0 Å². The molecule has 3 aromatic heterocycles. The number of nitrogen functional groups attached to an aromatic ring is 1. The van der Waals surface area contributed by atoms with Gasteiger partial charge < -0.3 is 15.5 Å². The summed E-state index contributed by atoms with van der Waals surface area (Å²) < 4.78 is 5.16. The molecule has 3 rings (SSSR count). The number of rotatable bonds is 2. The van der Waals surface area contributed by atoms with Crippen molar-refractivity contribution in [3.63, 3.8) is 0 Å². The Kier molecular flexibility index (Phi) is 2.33. The van der Waals surface area contributed by atoms with E-state index in [9.17, 15) is 0 Å². The van der Waals surface area contributed by atoms with Gasteiger partial charge in [0.15, 0.2) is 0 Å². The standard InChI is InChI=1S/C12H11N5O/c1-18-8-2-7(3-14-4-8)9-5-15-12-10(9)11(13)16-6-17-12/h2-6H,1H3,(H3,13,15,16,17). The van der Waals surface area contributed by atoms with Crippen molar-refractivity contribution in [2.75, 3.05) is 12.8 Å². The lowest BCUT2D eigenvalue weighted by Crippen LogP contribution is -1.92. The monoisotopic (exact) mass is 241 g/mol. The van der Waals surface area contributed by atoms with Crippen LogP contribution < -0.4 is 10.5 Å². The third-order valence-corrected chi connectivity index (χ3v) is 2.76. The van der Waals surface area contributed by atoms with Gasteiger partial charge in [-0.3, -0.25) is 4.98 Å². The molecular weight excluding hydrogens is 230 g/mol. The van der Waals surface area contributed by atoms with Gasteiger partial charge in [-0.25, -0.2) is 9.97 Å². The van der Waals surface area contributed by atoms with Gasteiger partial charge in [-0.2, -0.15) is 0 Å². The van der Waals surface area contributed by atoms with Crippen molar-refractivity contribution >= 4 is 16.9 Å². The summed E-state index contributed by atoms with van der Waals surface area (Å²) >= 11 is 0. The number of aromatic nitrogens is 4. The predicted molar refractivity (Wildman–Crippen MR) is 68.1 cm³/mol. The number of anilines is 1. The van der Waals surface area contributed by atoms with Crippen LogP contribution in [0, 0.1) is 0 Å². The zero-order valence-electron chi connectivity index (χ0n) is 9.71. The summed E-state index contributed by atoms with van der Waals surface area (Å²) in [6, 6.07) is 1.89. The SMILES string of the molecule is COc1cncc(-c2c[nH]c3ncnc(N)c23)c1. The van der Waals surface area contributed by atoms with Crippen molar-refractivity contribution in [2.24, 2.45) is 0 Å². The summed E-state index contributed by atoms with van der Waals surface area (Å²) in [5.41, 5.74) is 8.41. The number of H-pyrrole nitrogens is 1. The number of aromatic amines is 1. The van der Waals surface area contributed by atoms with E-state index in [1.165, 1.54) is 6.33 Å². The molecule has 0 atom stereocenters. The Hall–Kier alpha value is -2.63. The highest BCUT2D eigenvalue weighted by molar-refractivity contribution is 6.00. The molecule has 0 saturated heterocycles. The Balaban J connectivity index is 2.25. The predicted octanol–water partition coefficient (Wildman–Crippen LogP) is 1.61. The third-order valence-electron chi connectivity index (χ3n) is 2.76. The third kappa shape index (κ3) is 1.55. The highest BCUT2D eigenvalue weighted by Gasteiger charge is 2.11. The second-order valence-electron chi connectivity index (χ2n) is 3.80. The number of nitrogens with one attached hydrogen (secondary N) is 1. The Labute approximate surface area is 103 Å². The molecule has 0 amide bonds. The number of nitrogens with zero attached hydrogens (tertiary/aromatic N) is 3. The zero-order chi connectivity index (χ0) is 12.5. The van der Waals surface area contributed by atoms with Crippen LogP contribution >= 0.6 is 0 Å². The molecule has 0 aliphatic carbocycles. The summed E-state index contributed by atoms with van der Waals surface area (Å²) in [7, 11) is 1.60. The van der Waals surface area contributed by atoms with Gasteiger partial charge >= 0.3 is 0 Å². The van der Waals surface area contributed by atoms with Gasteiger partial charge in [-0.15, -0.1) is 0 Å². The average Bonchev–Trinajstić information content (AvgIpc) is 2.84. The molecule has 0 aliphatic rings. The van der Waals surface area contributed by atoms with Crippen LogP contribution in [0.25, 0.3) is 22.2 Å². The first kappa shape index (κ1) is 10.5. The van der Waals surface area contributed by atoms with Crippen molar-refractivity contribution < 1.29 is 4.74 Å². The maximum atomic E-state index is 5.89. The van der Waals surface area contributed by atoms with E-state index in [2.05, 4.69) is 19.9 Å². The molecule has 0 spiro atoms. The maximum Gasteiger partial charge on any atom is 0.143 e. The van der Waals surface area contributed by atoms with Gasteiger partial charge in [0.05, 0.1) is 18.7 Å². The molecular formula is C12H11N5O. The molecule has 3 aromatic rings. The molecule has 0 fully saturated rings. The van der Waals surface area contributed by atoms with E-state index >= 15 is 0 Å². The molecule has 6 heteroatoms. The second kappa shape index (κ2) is 3.99. The quantitative estimate of drug-likeness (QED) is 0.711. The number of methoxy groups -OCH3 is 1. The minimum absolute atomic E-state index is 0.444. The van der Waals surface area contributed by atoms with Crippen LogP contribution in [0.4, 0.5) is 5.82 Å². The molecule has 0 bridgehead atoms. The molecule has 0 aromatic carbocycles. The molecule has 0 radical (unpaired) electrons. The van der Waals surface area contributed by atoms with Crippen LogP contribution in [0.5, 0.6) is 5.75 Å². The lowest BCUT2D eigenvalue weighted by Gasteiger charge is -2.03. The fourth-order valence-corrected chi connectivity index (χ4v) is 1.89. The van der Waals surface area contributed by atoms with Gasteiger partial charge in [-0.1, -0.05) is 0 Å². The number of hydrogen-bond donors (Lipinski definition) is 2. The smallest absolute Gasteiger partial charge is 0.143 e. The van der Waals surface area contributed by atoms with E-state index in [1.807, 2.05) is 12.3 Å². The summed E-state index contributed by atoms with van der Waals surface area (Å²) in [6.45, 7) is 0. The van der Waals surface area contributed by atoms with E-state index in [0.29, 0.717) is 17.2 Å². The van der Waals surface area contributed by atoms with Crippen molar-refractivity contribution in [1.82, 2.24) is 19.9 Å². The van der Waals surface area contributed by atoms with Crippen molar-refractivity contribution in [2.45, 2.75) is 0 Å². The molecule has 6 nitrogen and oxygen atoms in total. The minimum atomic E-state index is 0.444. The van der Waals surface area contributed by atoms with E-state index in [4.69, 9.17) is 10.5 Å². The number of nitrogens with two attached hydrogens (primary N) is 1. The van der Waals surface area contributed by atoms with Crippen LogP contribution in [0.2, 0.25) is 0 Å². The highest BCUT2D eigenvalue weighted by atomic mass is 16.5. The molecule has 3 N–H and O–H groups in total. The maximum absolute atomic E-state index is 5.89. The minimum Gasteiger partial charge on any atom is -0.495 e. The molecule has 0 aliphatic heterocycles. The first-order valence-electron chi connectivity index (χ1n) is 5.36. The normalized spacial score (nSPS) is 10.7. The number of pyridine rings is 1. The number of hydrogen-bond acceptors (Lipinski definition) is 5. The van der Waals surface area contributed by atoms with Crippen molar-refractivity contribution in [3.8, 4) is 16.9 Å². The first-order chi connectivity index (χ1) is 8.79. The van der Waals surface area contributed by atoms with Gasteiger partial charge in [0, 0.05) is 23.5 Å². The van der Waals surface area contributed by atoms with Crippen LogP contribution in [0.15, 0.2) is 31.0 Å². The van der Waals surface area contributed by atoms with Crippen LogP contribution in [0.1, 0.15) is 0 Å². The van der Waals surface area contributed by atoms with Crippen molar-refractivity contribution in [3.05, 3.63) is 31.0 Å². The molecule has 18 heavy (non-hydrogen) atoms. The second-order valence-corrected chi connectivity index (χ2v) is 3.80. The summed E-state index contributed by atoms with van der Waals surface area (Å²) in [5, 5.41) is 0.799. The Morgan fingerprint density at radius 3 is 3.00 bits per heavy atom. The lowest BCUT2D eigenvalue weighted by molar-refractivity contribution is 0.413. The van der Waals surface area contributed by atoms with Crippen LogP contribution in [-0.4, -0.2) is 27.0 Å². The Bertz CT molecular complexity index is 707. The molecule has 0 saturated carbocycles. The van der Waals surface area contributed by atoms with Gasteiger partial charge in [0.1, 0.15) is 23.5 Å². The Morgan fingerprint density at radius 1 is 1.28 bits per heavy atom. The van der Waals surface area contributed by atoms with Crippen LogP contribution in [0.3, 0.4) is 0 Å². The van der Waals surface area contributed by atoms with E-state index in [0.717, 1.165) is 16.5 Å². The van der Waals surface area contributed by atoms with Gasteiger partial charge in [0.25, 0.3) is 0 Å². The summed E-state index contributed by atoms with van der Waals surface area (Å²) in [4.78, 5) is 15.3. The lowest BCUT2D eigenvalue weighted by atomic mass is 10.1. The Morgan fingerprint density at radius 2 is 2.17 bits per heavy atom. The van der Waals surface area contributed by atoms with Gasteiger partial charge in [-0.05, 0) is 6.07 Å². The molecule has 90 valence electrons. The number of ether oxygens (including phenoxy) is 1. The van der Waals surface area contributed by atoms with E-state index in [1.54, 1.807) is 19.5 Å².